The number of hydrogen-bond acceptors (Lipinski definition) is 3. The van der Waals surface area contributed by atoms with Crippen LogP contribution in [0.3, 0.4) is 0 Å². The van der Waals surface area contributed by atoms with E-state index in [1.807, 2.05) is 6.07 Å². The molecule has 0 aliphatic heterocycles. The molecule has 1 heterocycles. The summed E-state index contributed by atoms with van der Waals surface area (Å²) in [6, 6.07) is 10.0. The van der Waals surface area contributed by atoms with Crippen LogP contribution < -0.4 is 0 Å². The lowest BCUT2D eigenvalue weighted by Gasteiger charge is -2.11. The second-order valence-electron chi connectivity index (χ2n) is 4.35. The lowest BCUT2D eigenvalue weighted by Crippen LogP contribution is -2.06. The first-order chi connectivity index (χ1) is 9.65. The number of aliphatic hydroxyl groups is 1. The van der Waals surface area contributed by atoms with E-state index in [1.165, 1.54) is 6.20 Å². The van der Waals surface area contributed by atoms with Gasteiger partial charge in [0.1, 0.15) is 17.7 Å². The lowest BCUT2D eigenvalue weighted by atomic mass is 10.1. The Balaban J connectivity index is 2.07. The zero-order chi connectivity index (χ0) is 14.1. The van der Waals surface area contributed by atoms with Gasteiger partial charge < -0.3 is 5.11 Å². The van der Waals surface area contributed by atoms with Crippen molar-refractivity contribution in [3.8, 4) is 0 Å². The highest BCUT2D eigenvalue weighted by atomic mass is 19.1. The van der Waals surface area contributed by atoms with E-state index in [-0.39, 0.29) is 11.3 Å². The van der Waals surface area contributed by atoms with Crippen LogP contribution in [0.2, 0.25) is 0 Å². The maximum atomic E-state index is 13.6. The van der Waals surface area contributed by atoms with Crippen LogP contribution in [0.15, 0.2) is 48.7 Å². The molecule has 0 aliphatic rings. The van der Waals surface area contributed by atoms with Crippen molar-refractivity contribution in [1.82, 2.24) is 9.97 Å². The summed E-state index contributed by atoms with van der Waals surface area (Å²) in [6.07, 6.45) is -0.0000359. The highest BCUT2D eigenvalue weighted by molar-refractivity contribution is 5.73. The minimum Gasteiger partial charge on any atom is -0.382 e. The first-order valence-corrected chi connectivity index (χ1v) is 6.00. The number of fused-ring (bicyclic) bond motifs is 1. The van der Waals surface area contributed by atoms with Gasteiger partial charge >= 0.3 is 0 Å². The quantitative estimate of drug-likeness (QED) is 0.780. The molecule has 5 heteroatoms. The number of benzene rings is 2. The first kappa shape index (κ1) is 12.6. The van der Waals surface area contributed by atoms with E-state index in [0.29, 0.717) is 11.0 Å². The minimum absolute atomic E-state index is 0.158. The topological polar surface area (TPSA) is 46.0 Å². The average Bonchev–Trinajstić information content (AvgIpc) is 2.48. The van der Waals surface area contributed by atoms with Crippen molar-refractivity contribution in [2.45, 2.75) is 6.10 Å². The van der Waals surface area contributed by atoms with Gasteiger partial charge in [0.2, 0.25) is 0 Å². The molecule has 0 bridgehead atoms. The van der Waals surface area contributed by atoms with Gasteiger partial charge in [-0.15, -0.1) is 0 Å². The number of hydrogen-bond donors (Lipinski definition) is 1. The Kier molecular flexibility index (Phi) is 3.12. The first-order valence-electron chi connectivity index (χ1n) is 6.00. The summed E-state index contributed by atoms with van der Waals surface area (Å²) in [5.41, 5.74) is 1.27. The molecule has 1 atom stereocenters. The van der Waals surface area contributed by atoms with Crippen molar-refractivity contribution < 1.29 is 13.9 Å². The standard InChI is InChI=1S/C15H10F2N2O/c16-9-5-6-11(17)10(7-9)15(20)14-8-18-12-3-1-2-4-13(12)19-14/h1-8,15,20H. The summed E-state index contributed by atoms with van der Waals surface area (Å²) in [5.74, 6) is -1.30. The molecule has 1 unspecified atom stereocenters. The smallest absolute Gasteiger partial charge is 0.129 e. The molecule has 0 radical (unpaired) electrons. The summed E-state index contributed by atoms with van der Waals surface area (Å²) >= 11 is 0. The van der Waals surface area contributed by atoms with Gasteiger partial charge in [0, 0.05) is 5.56 Å². The van der Waals surface area contributed by atoms with Crippen LogP contribution in [0, 0.1) is 11.6 Å². The van der Waals surface area contributed by atoms with E-state index in [0.717, 1.165) is 18.2 Å². The molecule has 1 N–H and O–H groups in total. The monoisotopic (exact) mass is 272 g/mol. The fourth-order valence-corrected chi connectivity index (χ4v) is 1.99. The number of aliphatic hydroxyl groups excluding tert-OH is 1. The van der Waals surface area contributed by atoms with Gasteiger partial charge in [-0.2, -0.15) is 0 Å². The van der Waals surface area contributed by atoms with Crippen LogP contribution in [0.5, 0.6) is 0 Å². The third-order valence-electron chi connectivity index (χ3n) is 3.00. The van der Waals surface area contributed by atoms with Gasteiger partial charge in [0.05, 0.1) is 22.9 Å². The molecule has 100 valence electrons. The molecule has 3 rings (SSSR count). The predicted molar refractivity (Wildman–Crippen MR) is 70.0 cm³/mol. The lowest BCUT2D eigenvalue weighted by molar-refractivity contribution is 0.209. The Morgan fingerprint density at radius 2 is 1.75 bits per heavy atom. The highest BCUT2D eigenvalue weighted by Crippen LogP contribution is 2.24. The molecular weight excluding hydrogens is 262 g/mol. The highest BCUT2D eigenvalue weighted by Gasteiger charge is 2.18. The number of rotatable bonds is 2. The molecule has 1 aromatic heterocycles. The van der Waals surface area contributed by atoms with Crippen LogP contribution in [-0.4, -0.2) is 15.1 Å². The fourth-order valence-electron chi connectivity index (χ4n) is 1.99. The molecule has 0 saturated carbocycles. The Morgan fingerprint density at radius 3 is 2.55 bits per heavy atom. The van der Waals surface area contributed by atoms with Gasteiger partial charge in [-0.1, -0.05) is 12.1 Å². The van der Waals surface area contributed by atoms with Gasteiger partial charge in [0.15, 0.2) is 0 Å². The molecule has 0 amide bonds. The Morgan fingerprint density at radius 1 is 1.00 bits per heavy atom. The molecule has 3 aromatic rings. The third kappa shape index (κ3) is 2.23. The van der Waals surface area contributed by atoms with Crippen LogP contribution in [0.1, 0.15) is 17.4 Å². The molecule has 0 saturated heterocycles. The summed E-state index contributed by atoms with van der Waals surface area (Å²) in [4.78, 5) is 8.36. The summed E-state index contributed by atoms with van der Waals surface area (Å²) in [7, 11) is 0. The molecule has 3 nitrogen and oxygen atoms in total. The van der Waals surface area contributed by atoms with Crippen LogP contribution in [-0.2, 0) is 0 Å². The predicted octanol–water partition coefficient (Wildman–Crippen LogP) is 2.99. The van der Waals surface area contributed by atoms with Crippen LogP contribution >= 0.6 is 0 Å². The number of halogens is 2. The van der Waals surface area contributed by atoms with E-state index in [4.69, 9.17) is 0 Å². The minimum atomic E-state index is -1.36. The molecule has 2 aromatic carbocycles. The van der Waals surface area contributed by atoms with Gasteiger partial charge in [-0.05, 0) is 30.3 Å². The second kappa shape index (κ2) is 4.94. The molecular formula is C15H10F2N2O. The van der Waals surface area contributed by atoms with E-state index in [9.17, 15) is 13.9 Å². The summed E-state index contributed by atoms with van der Waals surface area (Å²) < 4.78 is 26.8. The third-order valence-corrected chi connectivity index (χ3v) is 3.00. The summed E-state index contributed by atoms with van der Waals surface area (Å²) in [6.45, 7) is 0. The van der Waals surface area contributed by atoms with Gasteiger partial charge in [-0.3, -0.25) is 4.98 Å². The average molecular weight is 272 g/mol. The molecule has 0 fully saturated rings. The van der Waals surface area contributed by atoms with Gasteiger partial charge in [0.25, 0.3) is 0 Å². The number of para-hydroxylation sites is 2. The van der Waals surface area contributed by atoms with E-state index in [1.54, 1.807) is 18.2 Å². The Hall–Kier alpha value is -2.40. The van der Waals surface area contributed by atoms with Crippen molar-refractivity contribution in [3.05, 3.63) is 71.6 Å². The van der Waals surface area contributed by atoms with Crippen LogP contribution in [0.4, 0.5) is 8.78 Å². The number of nitrogens with zero attached hydrogens (tertiary/aromatic N) is 2. The fraction of sp³-hybridized carbons (Fsp3) is 0.0667. The normalized spacial score (nSPS) is 12.6. The Labute approximate surface area is 113 Å². The maximum absolute atomic E-state index is 13.6. The van der Waals surface area contributed by atoms with E-state index < -0.39 is 17.7 Å². The largest absolute Gasteiger partial charge is 0.382 e. The summed E-state index contributed by atoms with van der Waals surface area (Å²) in [5, 5.41) is 10.1. The van der Waals surface area contributed by atoms with Crippen molar-refractivity contribution in [2.24, 2.45) is 0 Å². The van der Waals surface area contributed by atoms with Crippen LogP contribution in [0.25, 0.3) is 11.0 Å². The molecule has 0 spiro atoms. The SMILES string of the molecule is OC(c1cnc2ccccc2n1)c1cc(F)ccc1F. The molecule has 20 heavy (non-hydrogen) atoms. The van der Waals surface area contributed by atoms with Crippen molar-refractivity contribution in [3.63, 3.8) is 0 Å². The Bertz CT molecular complexity index is 777. The maximum Gasteiger partial charge on any atom is 0.129 e. The van der Waals surface area contributed by atoms with Crippen molar-refractivity contribution in [2.75, 3.05) is 0 Å². The second-order valence-corrected chi connectivity index (χ2v) is 4.35. The molecule has 0 aliphatic carbocycles. The van der Waals surface area contributed by atoms with Crippen molar-refractivity contribution in [1.29, 1.82) is 0 Å². The van der Waals surface area contributed by atoms with Gasteiger partial charge in [-0.25, -0.2) is 13.8 Å². The zero-order valence-corrected chi connectivity index (χ0v) is 10.3. The number of aromatic nitrogens is 2. The van der Waals surface area contributed by atoms with E-state index in [2.05, 4.69) is 9.97 Å². The van der Waals surface area contributed by atoms with Crippen molar-refractivity contribution >= 4 is 11.0 Å². The zero-order valence-electron chi connectivity index (χ0n) is 10.3. The van der Waals surface area contributed by atoms with E-state index >= 15 is 0 Å².